The Balaban J connectivity index is 2.31. The summed E-state index contributed by atoms with van der Waals surface area (Å²) in [7, 11) is 4.13. The second-order valence-corrected chi connectivity index (χ2v) is 6.80. The summed E-state index contributed by atoms with van der Waals surface area (Å²) in [4.78, 5) is 2.14. The molecule has 0 fully saturated rings. The average molecular weight is 395 g/mol. The molecule has 0 aromatic heterocycles. The summed E-state index contributed by atoms with van der Waals surface area (Å²) < 4.78 is 7.54. The van der Waals surface area contributed by atoms with Crippen LogP contribution < -0.4 is 0 Å². The van der Waals surface area contributed by atoms with E-state index >= 15 is 0 Å². The van der Waals surface area contributed by atoms with E-state index in [2.05, 4.69) is 97.0 Å². The third-order valence-corrected chi connectivity index (χ3v) is 4.37. The van der Waals surface area contributed by atoms with Crippen molar-refractivity contribution >= 4 is 22.6 Å². The molecule has 1 unspecified atom stereocenters. The van der Waals surface area contributed by atoms with E-state index in [-0.39, 0.29) is 0 Å². The molecule has 1 atom stereocenters. The highest BCUT2D eigenvalue weighted by Gasteiger charge is 2.29. The van der Waals surface area contributed by atoms with Crippen LogP contribution in [0.5, 0.6) is 0 Å². The van der Waals surface area contributed by atoms with Crippen LogP contribution in [0.1, 0.15) is 18.1 Å². The number of hydrogen-bond donors (Lipinski definition) is 0. The Labute approximate surface area is 141 Å². The fraction of sp³-hybridized carbons (Fsp3) is 0.333. The van der Waals surface area contributed by atoms with Crippen LogP contribution in [0.15, 0.2) is 54.6 Å². The molecular formula is C18H22INO. The van der Waals surface area contributed by atoms with Crippen molar-refractivity contribution in [3.05, 3.63) is 69.3 Å². The van der Waals surface area contributed by atoms with Gasteiger partial charge in [-0.3, -0.25) is 0 Å². The van der Waals surface area contributed by atoms with Crippen molar-refractivity contribution in [3.8, 4) is 0 Å². The molecule has 2 aromatic rings. The number of benzene rings is 2. The first kappa shape index (κ1) is 16.5. The summed E-state index contributed by atoms with van der Waals surface area (Å²) in [5, 5.41) is 0. The van der Waals surface area contributed by atoms with E-state index in [1.54, 1.807) is 0 Å². The highest BCUT2D eigenvalue weighted by molar-refractivity contribution is 14.1. The first-order valence-corrected chi connectivity index (χ1v) is 8.20. The second kappa shape index (κ2) is 7.38. The third kappa shape index (κ3) is 4.28. The van der Waals surface area contributed by atoms with Crippen molar-refractivity contribution < 1.29 is 4.74 Å². The molecular weight excluding hydrogens is 373 g/mol. The van der Waals surface area contributed by atoms with Crippen LogP contribution in [-0.4, -0.2) is 32.1 Å². The zero-order chi connectivity index (χ0) is 15.3. The lowest BCUT2D eigenvalue weighted by molar-refractivity contribution is -0.0101. The van der Waals surface area contributed by atoms with Gasteiger partial charge in [-0.15, -0.1) is 0 Å². The molecule has 0 saturated carbocycles. The minimum atomic E-state index is -0.415. The number of nitrogens with zero attached hydrogens (tertiary/aromatic N) is 1. The van der Waals surface area contributed by atoms with Gasteiger partial charge in [0.15, 0.2) is 0 Å². The van der Waals surface area contributed by atoms with Gasteiger partial charge in [-0.2, -0.15) is 0 Å². The number of rotatable bonds is 6. The maximum atomic E-state index is 6.31. The van der Waals surface area contributed by atoms with E-state index < -0.39 is 5.60 Å². The zero-order valence-corrected chi connectivity index (χ0v) is 15.0. The molecule has 0 amide bonds. The lowest BCUT2D eigenvalue weighted by Gasteiger charge is -2.32. The van der Waals surface area contributed by atoms with Crippen LogP contribution in [-0.2, 0) is 10.3 Å². The SMILES string of the molecule is CN(C)CCOC(C)(c1ccccc1)c1ccc(I)cc1. The standard InChI is InChI=1S/C18H22INO/c1-18(21-14-13-20(2)3,15-7-5-4-6-8-15)16-9-11-17(19)12-10-16/h4-12H,13-14H2,1-3H3. The van der Waals surface area contributed by atoms with Gasteiger partial charge in [-0.25, -0.2) is 0 Å². The molecule has 0 saturated heterocycles. The van der Waals surface area contributed by atoms with Gasteiger partial charge in [-0.05, 0) is 66.9 Å². The molecule has 0 N–H and O–H groups in total. The van der Waals surface area contributed by atoms with E-state index in [4.69, 9.17) is 4.74 Å². The summed E-state index contributed by atoms with van der Waals surface area (Å²) in [6.45, 7) is 3.76. The van der Waals surface area contributed by atoms with Gasteiger partial charge in [-0.1, -0.05) is 42.5 Å². The Bertz CT molecular complexity index is 553. The Morgan fingerprint density at radius 3 is 2.10 bits per heavy atom. The molecule has 0 spiro atoms. The number of hydrogen-bond acceptors (Lipinski definition) is 2. The van der Waals surface area contributed by atoms with Crippen molar-refractivity contribution in [1.82, 2.24) is 4.90 Å². The first-order valence-electron chi connectivity index (χ1n) is 7.12. The molecule has 3 heteroatoms. The molecule has 0 bridgehead atoms. The van der Waals surface area contributed by atoms with Gasteiger partial charge >= 0.3 is 0 Å². The van der Waals surface area contributed by atoms with Gasteiger partial charge in [0.25, 0.3) is 0 Å². The van der Waals surface area contributed by atoms with E-state index in [0.717, 1.165) is 6.54 Å². The predicted molar refractivity (Wildman–Crippen MR) is 96.6 cm³/mol. The summed E-state index contributed by atoms with van der Waals surface area (Å²) >= 11 is 2.33. The van der Waals surface area contributed by atoms with Crippen molar-refractivity contribution in [3.63, 3.8) is 0 Å². The summed E-state index contributed by atoms with van der Waals surface area (Å²) in [6, 6.07) is 19.0. The molecule has 0 aliphatic heterocycles. The third-order valence-electron chi connectivity index (χ3n) is 3.65. The van der Waals surface area contributed by atoms with Gasteiger partial charge in [0.2, 0.25) is 0 Å². The summed E-state index contributed by atoms with van der Waals surface area (Å²) in [6.07, 6.45) is 0. The summed E-state index contributed by atoms with van der Waals surface area (Å²) in [5.41, 5.74) is 1.96. The Morgan fingerprint density at radius 1 is 0.952 bits per heavy atom. The molecule has 2 nitrogen and oxygen atoms in total. The quantitative estimate of drug-likeness (QED) is 0.682. The highest BCUT2D eigenvalue weighted by atomic mass is 127. The fourth-order valence-electron chi connectivity index (χ4n) is 2.29. The van der Waals surface area contributed by atoms with Gasteiger partial charge in [0, 0.05) is 10.1 Å². The largest absolute Gasteiger partial charge is 0.365 e. The molecule has 0 radical (unpaired) electrons. The summed E-state index contributed by atoms with van der Waals surface area (Å²) in [5.74, 6) is 0. The molecule has 0 heterocycles. The van der Waals surface area contributed by atoms with Crippen molar-refractivity contribution in [1.29, 1.82) is 0 Å². The van der Waals surface area contributed by atoms with Crippen molar-refractivity contribution in [2.45, 2.75) is 12.5 Å². The topological polar surface area (TPSA) is 12.5 Å². The number of likely N-dealkylation sites (N-methyl/N-ethyl adjacent to an activating group) is 1. The van der Waals surface area contributed by atoms with Crippen LogP contribution in [0.3, 0.4) is 0 Å². The van der Waals surface area contributed by atoms with Crippen LogP contribution in [0.4, 0.5) is 0 Å². The zero-order valence-electron chi connectivity index (χ0n) is 12.8. The predicted octanol–water partition coefficient (Wildman–Crippen LogP) is 4.13. The maximum absolute atomic E-state index is 6.31. The minimum absolute atomic E-state index is 0.415. The lowest BCUT2D eigenvalue weighted by atomic mass is 9.88. The van der Waals surface area contributed by atoms with Crippen LogP contribution in [0, 0.1) is 3.57 Å². The number of ether oxygens (including phenoxy) is 1. The Morgan fingerprint density at radius 2 is 1.52 bits per heavy atom. The molecule has 112 valence electrons. The van der Waals surface area contributed by atoms with Crippen LogP contribution >= 0.6 is 22.6 Å². The molecule has 21 heavy (non-hydrogen) atoms. The normalized spacial score (nSPS) is 14.1. The highest BCUT2D eigenvalue weighted by Crippen LogP contribution is 2.33. The van der Waals surface area contributed by atoms with Crippen molar-refractivity contribution in [2.75, 3.05) is 27.2 Å². The van der Waals surface area contributed by atoms with Crippen LogP contribution in [0.25, 0.3) is 0 Å². The average Bonchev–Trinajstić information content (AvgIpc) is 2.48. The van der Waals surface area contributed by atoms with E-state index in [1.807, 2.05) is 6.07 Å². The van der Waals surface area contributed by atoms with Crippen LogP contribution in [0.2, 0.25) is 0 Å². The molecule has 2 aromatic carbocycles. The van der Waals surface area contributed by atoms with E-state index in [0.29, 0.717) is 6.61 Å². The Hall–Kier alpha value is -0.910. The monoisotopic (exact) mass is 395 g/mol. The van der Waals surface area contributed by atoms with Crippen molar-refractivity contribution in [2.24, 2.45) is 0 Å². The molecule has 0 aliphatic carbocycles. The molecule has 2 rings (SSSR count). The van der Waals surface area contributed by atoms with E-state index in [9.17, 15) is 0 Å². The first-order chi connectivity index (χ1) is 10.0. The molecule has 0 aliphatic rings. The smallest absolute Gasteiger partial charge is 0.115 e. The van der Waals surface area contributed by atoms with Gasteiger partial charge in [0.05, 0.1) is 6.61 Å². The minimum Gasteiger partial charge on any atom is -0.365 e. The number of halogens is 1. The van der Waals surface area contributed by atoms with Gasteiger partial charge < -0.3 is 9.64 Å². The maximum Gasteiger partial charge on any atom is 0.115 e. The second-order valence-electron chi connectivity index (χ2n) is 5.56. The van der Waals surface area contributed by atoms with Gasteiger partial charge in [0.1, 0.15) is 5.60 Å². The lowest BCUT2D eigenvalue weighted by Crippen LogP contribution is -2.31. The fourth-order valence-corrected chi connectivity index (χ4v) is 2.65. The Kier molecular flexibility index (Phi) is 5.79. The van der Waals surface area contributed by atoms with E-state index in [1.165, 1.54) is 14.7 Å².